The fourth-order valence-corrected chi connectivity index (χ4v) is 4.12. The van der Waals surface area contributed by atoms with Crippen LogP contribution in [-0.4, -0.2) is 28.4 Å². The third-order valence-corrected chi connectivity index (χ3v) is 5.17. The maximum absolute atomic E-state index is 12.5. The van der Waals surface area contributed by atoms with Crippen LogP contribution in [0.2, 0.25) is 0 Å². The second kappa shape index (κ2) is 5.49. The third-order valence-electron chi connectivity index (χ3n) is 4.50. The zero-order valence-corrected chi connectivity index (χ0v) is 12.0. The molecule has 0 aromatic carbocycles. The molecule has 1 saturated carbocycles. The van der Waals surface area contributed by atoms with Gasteiger partial charge in [-0.1, -0.05) is 19.3 Å². The van der Waals surface area contributed by atoms with Crippen molar-refractivity contribution in [3.8, 4) is 0 Å². The number of aromatic nitrogens is 1. The lowest BCUT2D eigenvalue weighted by Gasteiger charge is -2.33. The van der Waals surface area contributed by atoms with Crippen LogP contribution in [0.25, 0.3) is 0 Å². The number of thiazole rings is 1. The van der Waals surface area contributed by atoms with Gasteiger partial charge in [0.15, 0.2) is 5.13 Å². The van der Waals surface area contributed by atoms with Gasteiger partial charge in [-0.2, -0.15) is 0 Å². The molecule has 0 bridgehead atoms. The molecule has 3 rings (SSSR count). The third kappa shape index (κ3) is 2.61. The second-order valence-electron chi connectivity index (χ2n) is 5.68. The number of carbonyl (C=O) groups is 1. The van der Waals surface area contributed by atoms with Gasteiger partial charge in [0.25, 0.3) is 5.91 Å². The maximum Gasteiger partial charge on any atom is 0.273 e. The van der Waals surface area contributed by atoms with Crippen molar-refractivity contribution in [1.82, 2.24) is 9.88 Å². The van der Waals surface area contributed by atoms with Crippen molar-refractivity contribution in [2.24, 2.45) is 5.92 Å². The van der Waals surface area contributed by atoms with Crippen LogP contribution in [-0.2, 0) is 0 Å². The molecule has 1 amide bonds. The molecule has 5 heteroatoms. The zero-order valence-electron chi connectivity index (χ0n) is 11.2. The summed E-state index contributed by atoms with van der Waals surface area (Å²) in [6.45, 7) is 0.886. The van der Waals surface area contributed by atoms with Gasteiger partial charge < -0.3 is 10.6 Å². The molecule has 2 fully saturated rings. The quantitative estimate of drug-likeness (QED) is 0.905. The summed E-state index contributed by atoms with van der Waals surface area (Å²) in [5.74, 6) is 0.789. The van der Waals surface area contributed by atoms with Crippen LogP contribution >= 0.6 is 11.3 Å². The predicted octanol–water partition coefficient (Wildman–Crippen LogP) is 2.91. The molecule has 4 nitrogen and oxygen atoms in total. The molecule has 1 unspecified atom stereocenters. The number of nitrogen functional groups attached to an aromatic ring is 1. The van der Waals surface area contributed by atoms with Crippen molar-refractivity contribution in [3.05, 3.63) is 11.1 Å². The minimum absolute atomic E-state index is 0.0843. The smallest absolute Gasteiger partial charge is 0.273 e. The molecule has 19 heavy (non-hydrogen) atoms. The van der Waals surface area contributed by atoms with E-state index in [9.17, 15) is 4.79 Å². The summed E-state index contributed by atoms with van der Waals surface area (Å²) in [4.78, 5) is 18.7. The average molecular weight is 279 g/mol. The van der Waals surface area contributed by atoms with E-state index in [1.165, 1.54) is 43.4 Å². The summed E-state index contributed by atoms with van der Waals surface area (Å²) in [5, 5.41) is 2.27. The summed E-state index contributed by atoms with van der Waals surface area (Å²) < 4.78 is 0. The molecule has 0 radical (unpaired) electrons. The Balaban J connectivity index is 1.73. The molecule has 1 aliphatic carbocycles. The van der Waals surface area contributed by atoms with E-state index < -0.39 is 0 Å². The van der Waals surface area contributed by atoms with E-state index in [1.54, 1.807) is 5.38 Å². The number of hydrogen-bond donors (Lipinski definition) is 1. The highest BCUT2D eigenvalue weighted by atomic mass is 32.1. The molecule has 1 saturated heterocycles. The van der Waals surface area contributed by atoms with Gasteiger partial charge in [0.05, 0.1) is 0 Å². The highest BCUT2D eigenvalue weighted by Crippen LogP contribution is 2.35. The summed E-state index contributed by atoms with van der Waals surface area (Å²) in [5.41, 5.74) is 6.16. The van der Waals surface area contributed by atoms with E-state index in [0.717, 1.165) is 19.4 Å². The Morgan fingerprint density at radius 3 is 2.74 bits per heavy atom. The molecule has 2 heterocycles. The zero-order chi connectivity index (χ0) is 13.2. The summed E-state index contributed by atoms with van der Waals surface area (Å²) in [6, 6.07) is 0.440. The van der Waals surface area contributed by atoms with Gasteiger partial charge >= 0.3 is 0 Å². The first kappa shape index (κ1) is 12.9. The Morgan fingerprint density at radius 1 is 1.26 bits per heavy atom. The SMILES string of the molecule is Nc1nc(C(=O)N2CCCC2C2CCCCC2)cs1. The number of rotatable bonds is 2. The van der Waals surface area contributed by atoms with Crippen molar-refractivity contribution in [1.29, 1.82) is 0 Å². The minimum Gasteiger partial charge on any atom is -0.375 e. The first-order valence-electron chi connectivity index (χ1n) is 7.27. The van der Waals surface area contributed by atoms with E-state index >= 15 is 0 Å². The number of hydrogen-bond acceptors (Lipinski definition) is 4. The molecule has 104 valence electrons. The van der Waals surface area contributed by atoms with Gasteiger partial charge in [0.1, 0.15) is 5.69 Å². The van der Waals surface area contributed by atoms with Crippen LogP contribution < -0.4 is 5.73 Å². The first-order chi connectivity index (χ1) is 9.25. The van der Waals surface area contributed by atoms with Crippen LogP contribution in [0, 0.1) is 5.92 Å². The van der Waals surface area contributed by atoms with Crippen LogP contribution in [0.5, 0.6) is 0 Å². The van der Waals surface area contributed by atoms with Crippen LogP contribution in [0.3, 0.4) is 0 Å². The van der Waals surface area contributed by atoms with E-state index in [2.05, 4.69) is 9.88 Å². The Bertz CT molecular complexity index is 453. The van der Waals surface area contributed by atoms with Gasteiger partial charge in [-0.3, -0.25) is 4.79 Å². The minimum atomic E-state index is 0.0843. The fraction of sp³-hybridized carbons (Fsp3) is 0.714. The van der Waals surface area contributed by atoms with Gasteiger partial charge in [-0.25, -0.2) is 4.98 Å². The Hall–Kier alpha value is -1.10. The molecule has 1 aromatic rings. The average Bonchev–Trinajstić information content (AvgIpc) is 3.07. The number of amides is 1. The lowest BCUT2D eigenvalue weighted by molar-refractivity contribution is 0.0656. The Morgan fingerprint density at radius 2 is 2.05 bits per heavy atom. The van der Waals surface area contributed by atoms with Gasteiger partial charge in [-0.15, -0.1) is 11.3 Å². The molecule has 1 aliphatic heterocycles. The van der Waals surface area contributed by atoms with E-state index in [-0.39, 0.29) is 5.91 Å². The van der Waals surface area contributed by atoms with Crippen LogP contribution in [0.15, 0.2) is 5.38 Å². The molecule has 2 N–H and O–H groups in total. The number of likely N-dealkylation sites (tertiary alicyclic amines) is 1. The number of nitrogens with two attached hydrogens (primary N) is 1. The van der Waals surface area contributed by atoms with E-state index in [4.69, 9.17) is 5.73 Å². The number of anilines is 1. The van der Waals surface area contributed by atoms with Crippen molar-refractivity contribution in [3.63, 3.8) is 0 Å². The van der Waals surface area contributed by atoms with Gasteiger partial charge in [0.2, 0.25) is 0 Å². The fourth-order valence-electron chi connectivity index (χ4n) is 3.59. The highest BCUT2D eigenvalue weighted by Gasteiger charge is 2.36. The van der Waals surface area contributed by atoms with E-state index in [1.807, 2.05) is 0 Å². The van der Waals surface area contributed by atoms with Gasteiger partial charge in [-0.05, 0) is 31.6 Å². The molecule has 1 atom stereocenters. The standard InChI is InChI=1S/C14H21N3OS/c15-14-16-11(9-19-14)13(18)17-8-4-7-12(17)10-5-2-1-3-6-10/h9-10,12H,1-8H2,(H2,15,16). The lowest BCUT2D eigenvalue weighted by Crippen LogP contribution is -2.40. The van der Waals surface area contributed by atoms with Crippen molar-refractivity contribution < 1.29 is 4.79 Å². The maximum atomic E-state index is 12.5. The highest BCUT2D eigenvalue weighted by molar-refractivity contribution is 7.13. The van der Waals surface area contributed by atoms with Crippen molar-refractivity contribution >= 4 is 22.4 Å². The number of carbonyl (C=O) groups excluding carboxylic acids is 1. The topological polar surface area (TPSA) is 59.2 Å². The van der Waals surface area contributed by atoms with E-state index in [0.29, 0.717) is 22.8 Å². The number of nitrogens with zero attached hydrogens (tertiary/aromatic N) is 2. The summed E-state index contributed by atoms with van der Waals surface area (Å²) in [7, 11) is 0. The normalized spacial score (nSPS) is 24.8. The molecule has 1 aromatic heterocycles. The van der Waals surface area contributed by atoms with Gasteiger partial charge in [0, 0.05) is 18.0 Å². The Labute approximate surface area is 118 Å². The predicted molar refractivity (Wildman–Crippen MR) is 77.2 cm³/mol. The molecule has 2 aliphatic rings. The largest absolute Gasteiger partial charge is 0.375 e. The summed E-state index contributed by atoms with van der Waals surface area (Å²) >= 11 is 1.35. The van der Waals surface area contributed by atoms with Crippen LogP contribution in [0.4, 0.5) is 5.13 Å². The Kier molecular flexibility index (Phi) is 3.73. The molecular weight excluding hydrogens is 258 g/mol. The van der Waals surface area contributed by atoms with Crippen molar-refractivity contribution in [2.45, 2.75) is 51.0 Å². The second-order valence-corrected chi connectivity index (χ2v) is 6.57. The molecule has 0 spiro atoms. The first-order valence-corrected chi connectivity index (χ1v) is 8.15. The lowest BCUT2D eigenvalue weighted by atomic mass is 9.83. The summed E-state index contributed by atoms with van der Waals surface area (Å²) in [6.07, 6.45) is 8.88. The monoisotopic (exact) mass is 279 g/mol. The van der Waals surface area contributed by atoms with Crippen molar-refractivity contribution in [2.75, 3.05) is 12.3 Å². The molecular formula is C14H21N3OS. The van der Waals surface area contributed by atoms with Crippen LogP contribution in [0.1, 0.15) is 55.4 Å².